The molecule has 1 unspecified atom stereocenters. The van der Waals surface area contributed by atoms with E-state index in [1.54, 1.807) is 0 Å². The largest absolute Gasteiger partial charge is 0.381 e. The smallest absolute Gasteiger partial charge is 0.0741 e. The minimum absolute atomic E-state index is 0.0584. The van der Waals surface area contributed by atoms with Crippen molar-refractivity contribution in [2.45, 2.75) is 50.3 Å². The minimum Gasteiger partial charge on any atom is -0.381 e. The Bertz CT molecular complexity index is 412. The molecule has 4 nitrogen and oxygen atoms in total. The van der Waals surface area contributed by atoms with Gasteiger partial charge in [-0.05, 0) is 44.2 Å². The lowest BCUT2D eigenvalue weighted by atomic mass is 9.84. The van der Waals surface area contributed by atoms with E-state index in [-0.39, 0.29) is 5.60 Å². The molecule has 2 aliphatic heterocycles. The molecular formula is C16H24N2O2. The fraction of sp³-hybridized carbons (Fsp3) is 0.688. The summed E-state index contributed by atoms with van der Waals surface area (Å²) in [6.07, 6.45) is 8.02. The second kappa shape index (κ2) is 6.20. The van der Waals surface area contributed by atoms with Gasteiger partial charge < -0.3 is 14.8 Å². The highest BCUT2D eigenvalue weighted by molar-refractivity contribution is 5.13. The Morgan fingerprint density at radius 1 is 1.35 bits per heavy atom. The summed E-state index contributed by atoms with van der Waals surface area (Å²) in [5.74, 6) is 0. The Hall–Kier alpha value is -0.970. The van der Waals surface area contributed by atoms with Crippen LogP contribution >= 0.6 is 0 Å². The van der Waals surface area contributed by atoms with Crippen LogP contribution in [-0.2, 0) is 9.47 Å². The summed E-state index contributed by atoms with van der Waals surface area (Å²) >= 11 is 0. The Labute approximate surface area is 120 Å². The zero-order chi connectivity index (χ0) is 13.8. The molecule has 0 aromatic carbocycles. The maximum Gasteiger partial charge on any atom is 0.0741 e. The van der Waals surface area contributed by atoms with Crippen molar-refractivity contribution in [1.29, 1.82) is 0 Å². The van der Waals surface area contributed by atoms with Crippen LogP contribution < -0.4 is 5.32 Å². The van der Waals surface area contributed by atoms with Gasteiger partial charge in [-0.25, -0.2) is 0 Å². The van der Waals surface area contributed by atoms with Crippen LogP contribution in [0.5, 0.6) is 0 Å². The lowest BCUT2D eigenvalue weighted by Gasteiger charge is -2.44. The lowest BCUT2D eigenvalue weighted by molar-refractivity contribution is -0.140. The van der Waals surface area contributed by atoms with Gasteiger partial charge in [-0.2, -0.15) is 0 Å². The Morgan fingerprint density at radius 2 is 2.20 bits per heavy atom. The van der Waals surface area contributed by atoms with Crippen LogP contribution in [0.4, 0.5) is 0 Å². The molecule has 0 radical (unpaired) electrons. The number of nitrogens with zero attached hydrogens (tertiary/aromatic N) is 1. The van der Waals surface area contributed by atoms with Crippen LogP contribution in [0.3, 0.4) is 0 Å². The van der Waals surface area contributed by atoms with Gasteiger partial charge in [0.25, 0.3) is 0 Å². The minimum atomic E-state index is 0.0584. The predicted molar refractivity (Wildman–Crippen MR) is 77.5 cm³/mol. The van der Waals surface area contributed by atoms with Crippen molar-refractivity contribution >= 4 is 0 Å². The first-order valence-electron chi connectivity index (χ1n) is 7.65. The highest BCUT2D eigenvalue weighted by atomic mass is 16.5. The molecule has 4 heteroatoms. The Balaban J connectivity index is 1.60. The lowest BCUT2D eigenvalue weighted by Crippen LogP contribution is -2.50. The molecule has 0 bridgehead atoms. The molecule has 2 saturated heterocycles. The molecule has 110 valence electrons. The summed E-state index contributed by atoms with van der Waals surface area (Å²) < 4.78 is 11.6. The molecule has 2 aliphatic rings. The molecule has 1 N–H and O–H groups in total. The SMILES string of the molecule is C[C@@H](NC1CCOC2(CCOCC2)C1)c1cccnc1. The molecule has 3 rings (SSSR count). The van der Waals surface area contributed by atoms with Gasteiger partial charge in [-0.3, -0.25) is 4.98 Å². The van der Waals surface area contributed by atoms with Gasteiger partial charge in [-0.1, -0.05) is 6.07 Å². The van der Waals surface area contributed by atoms with E-state index in [1.807, 2.05) is 18.5 Å². The topological polar surface area (TPSA) is 43.4 Å². The van der Waals surface area contributed by atoms with Gasteiger partial charge in [0.1, 0.15) is 0 Å². The Morgan fingerprint density at radius 3 is 2.95 bits per heavy atom. The van der Waals surface area contributed by atoms with E-state index in [4.69, 9.17) is 9.47 Å². The highest BCUT2D eigenvalue weighted by Crippen LogP contribution is 2.34. The summed E-state index contributed by atoms with van der Waals surface area (Å²) in [4.78, 5) is 4.20. The highest BCUT2D eigenvalue weighted by Gasteiger charge is 2.39. The Kier molecular flexibility index (Phi) is 4.34. The number of hydrogen-bond donors (Lipinski definition) is 1. The van der Waals surface area contributed by atoms with Crippen LogP contribution in [0.2, 0.25) is 0 Å². The number of ether oxygens (including phenoxy) is 2. The van der Waals surface area contributed by atoms with Crippen molar-refractivity contribution in [1.82, 2.24) is 10.3 Å². The summed E-state index contributed by atoms with van der Waals surface area (Å²) in [6, 6.07) is 4.99. The van der Waals surface area contributed by atoms with Gasteiger partial charge in [0.05, 0.1) is 5.60 Å². The maximum atomic E-state index is 6.09. The van der Waals surface area contributed by atoms with E-state index in [0.29, 0.717) is 12.1 Å². The normalized spacial score (nSPS) is 27.4. The van der Waals surface area contributed by atoms with Gasteiger partial charge >= 0.3 is 0 Å². The average Bonchev–Trinajstić information content (AvgIpc) is 2.49. The molecule has 20 heavy (non-hydrogen) atoms. The fourth-order valence-electron chi connectivity index (χ4n) is 3.34. The van der Waals surface area contributed by atoms with Crippen molar-refractivity contribution in [3.63, 3.8) is 0 Å². The van der Waals surface area contributed by atoms with Crippen molar-refractivity contribution in [2.75, 3.05) is 19.8 Å². The number of aromatic nitrogens is 1. The molecule has 2 atom stereocenters. The number of hydrogen-bond acceptors (Lipinski definition) is 4. The van der Waals surface area contributed by atoms with Gasteiger partial charge in [0, 0.05) is 44.3 Å². The monoisotopic (exact) mass is 276 g/mol. The quantitative estimate of drug-likeness (QED) is 0.921. The third-order valence-corrected chi connectivity index (χ3v) is 4.57. The van der Waals surface area contributed by atoms with Crippen LogP contribution in [0, 0.1) is 0 Å². The average molecular weight is 276 g/mol. The van der Waals surface area contributed by atoms with E-state index in [1.165, 1.54) is 5.56 Å². The second-order valence-electron chi connectivity index (χ2n) is 6.01. The predicted octanol–water partition coefficient (Wildman–Crippen LogP) is 2.46. The van der Waals surface area contributed by atoms with E-state index >= 15 is 0 Å². The molecule has 0 amide bonds. The zero-order valence-electron chi connectivity index (χ0n) is 12.2. The van der Waals surface area contributed by atoms with E-state index < -0.39 is 0 Å². The molecule has 1 aromatic heterocycles. The first-order chi connectivity index (χ1) is 9.77. The van der Waals surface area contributed by atoms with E-state index in [0.717, 1.165) is 45.5 Å². The number of nitrogens with one attached hydrogen (secondary N) is 1. The van der Waals surface area contributed by atoms with Gasteiger partial charge in [-0.15, -0.1) is 0 Å². The van der Waals surface area contributed by atoms with Crippen molar-refractivity contribution < 1.29 is 9.47 Å². The van der Waals surface area contributed by atoms with Gasteiger partial charge in [0.2, 0.25) is 0 Å². The molecular weight excluding hydrogens is 252 g/mol. The van der Waals surface area contributed by atoms with Crippen molar-refractivity contribution in [3.05, 3.63) is 30.1 Å². The third-order valence-electron chi connectivity index (χ3n) is 4.57. The third kappa shape index (κ3) is 3.19. The summed E-state index contributed by atoms with van der Waals surface area (Å²) in [5, 5.41) is 3.75. The molecule has 0 saturated carbocycles. The summed E-state index contributed by atoms with van der Waals surface area (Å²) in [5.41, 5.74) is 1.31. The fourth-order valence-corrected chi connectivity index (χ4v) is 3.34. The van der Waals surface area contributed by atoms with E-state index in [2.05, 4.69) is 23.3 Å². The molecule has 0 aliphatic carbocycles. The van der Waals surface area contributed by atoms with E-state index in [9.17, 15) is 0 Å². The molecule has 3 heterocycles. The number of pyridine rings is 1. The van der Waals surface area contributed by atoms with Gasteiger partial charge in [0.15, 0.2) is 0 Å². The number of rotatable bonds is 3. The second-order valence-corrected chi connectivity index (χ2v) is 6.01. The van der Waals surface area contributed by atoms with Crippen molar-refractivity contribution in [2.24, 2.45) is 0 Å². The first kappa shape index (κ1) is 14.0. The van der Waals surface area contributed by atoms with Crippen LogP contribution in [0.1, 0.15) is 44.2 Å². The standard InChI is InChI=1S/C16H24N2O2/c1-13(14-3-2-7-17-12-14)18-15-4-8-20-16(11-15)5-9-19-10-6-16/h2-3,7,12-13,15,18H,4-6,8-11H2,1H3/t13-,15?/m1/s1. The zero-order valence-corrected chi connectivity index (χ0v) is 12.2. The molecule has 1 spiro atoms. The maximum absolute atomic E-state index is 6.09. The van der Waals surface area contributed by atoms with Crippen molar-refractivity contribution in [3.8, 4) is 0 Å². The van der Waals surface area contributed by atoms with Crippen LogP contribution in [-0.4, -0.2) is 36.4 Å². The summed E-state index contributed by atoms with van der Waals surface area (Å²) in [7, 11) is 0. The first-order valence-corrected chi connectivity index (χ1v) is 7.65. The van der Waals surface area contributed by atoms with Crippen LogP contribution in [0.25, 0.3) is 0 Å². The molecule has 1 aromatic rings. The molecule has 2 fully saturated rings. The summed E-state index contributed by atoms with van der Waals surface area (Å²) in [6.45, 7) is 4.75. The van der Waals surface area contributed by atoms with Crippen LogP contribution in [0.15, 0.2) is 24.5 Å².